The van der Waals surface area contributed by atoms with E-state index >= 15 is 0 Å². The quantitative estimate of drug-likeness (QED) is 0.822. The molecule has 0 radical (unpaired) electrons. The summed E-state index contributed by atoms with van der Waals surface area (Å²) in [4.78, 5) is 4.48. The van der Waals surface area contributed by atoms with Crippen molar-refractivity contribution in [3.8, 4) is 0 Å². The molecule has 2 aromatic rings. The van der Waals surface area contributed by atoms with E-state index in [0.29, 0.717) is 5.52 Å². The summed E-state index contributed by atoms with van der Waals surface area (Å²) in [5, 5.41) is 3.97. The van der Waals surface area contributed by atoms with Crippen LogP contribution in [0.15, 0.2) is 18.2 Å². The van der Waals surface area contributed by atoms with Gasteiger partial charge < -0.3 is 5.32 Å². The van der Waals surface area contributed by atoms with Crippen molar-refractivity contribution in [1.82, 2.24) is 4.98 Å². The van der Waals surface area contributed by atoms with Gasteiger partial charge in [-0.05, 0) is 30.7 Å². The average molecular weight is 246 g/mol. The van der Waals surface area contributed by atoms with Crippen LogP contribution in [0.4, 0.5) is 10.1 Å². The van der Waals surface area contributed by atoms with Crippen LogP contribution in [0.5, 0.6) is 0 Å². The van der Waals surface area contributed by atoms with E-state index in [1.165, 1.54) is 6.07 Å². The molecule has 18 heavy (non-hydrogen) atoms. The zero-order valence-corrected chi connectivity index (χ0v) is 11.6. The van der Waals surface area contributed by atoms with Crippen LogP contribution in [0.25, 0.3) is 10.9 Å². The van der Waals surface area contributed by atoms with Gasteiger partial charge in [0.05, 0.1) is 0 Å². The maximum Gasteiger partial charge on any atom is 0.149 e. The summed E-state index contributed by atoms with van der Waals surface area (Å²) in [6.45, 7) is 8.12. The SMILES string of the molecule is CNc1cc(C(C)(C)C)nc2c(F)cc(C)cc12. The van der Waals surface area contributed by atoms with Gasteiger partial charge in [0.15, 0.2) is 0 Å². The highest BCUT2D eigenvalue weighted by Crippen LogP contribution is 2.30. The van der Waals surface area contributed by atoms with Crippen LogP contribution >= 0.6 is 0 Å². The molecule has 2 rings (SSSR count). The molecular formula is C15H19FN2. The normalized spacial score (nSPS) is 11.9. The van der Waals surface area contributed by atoms with Crippen LogP contribution < -0.4 is 5.32 Å². The van der Waals surface area contributed by atoms with Gasteiger partial charge in [0, 0.05) is 29.2 Å². The maximum atomic E-state index is 14.0. The highest BCUT2D eigenvalue weighted by Gasteiger charge is 2.19. The van der Waals surface area contributed by atoms with Crippen LogP contribution in [0.1, 0.15) is 32.0 Å². The number of hydrogen-bond acceptors (Lipinski definition) is 2. The van der Waals surface area contributed by atoms with Crippen LogP contribution in [0, 0.1) is 12.7 Å². The largest absolute Gasteiger partial charge is 0.388 e. The smallest absolute Gasteiger partial charge is 0.149 e. The minimum absolute atomic E-state index is 0.100. The van der Waals surface area contributed by atoms with Crippen molar-refractivity contribution in [2.75, 3.05) is 12.4 Å². The Morgan fingerprint density at radius 3 is 2.39 bits per heavy atom. The number of halogens is 1. The molecule has 0 aliphatic heterocycles. The third kappa shape index (κ3) is 2.17. The highest BCUT2D eigenvalue weighted by molar-refractivity contribution is 5.92. The van der Waals surface area contributed by atoms with Crippen molar-refractivity contribution in [3.05, 3.63) is 35.3 Å². The molecule has 0 spiro atoms. The van der Waals surface area contributed by atoms with E-state index in [9.17, 15) is 4.39 Å². The first kappa shape index (κ1) is 12.8. The van der Waals surface area contributed by atoms with Crippen molar-refractivity contribution in [3.63, 3.8) is 0 Å². The van der Waals surface area contributed by atoms with Gasteiger partial charge in [0.2, 0.25) is 0 Å². The molecule has 3 heteroatoms. The van der Waals surface area contributed by atoms with Gasteiger partial charge in [-0.25, -0.2) is 9.37 Å². The number of aromatic nitrogens is 1. The third-order valence-corrected chi connectivity index (χ3v) is 3.05. The fourth-order valence-corrected chi connectivity index (χ4v) is 2.01. The van der Waals surface area contributed by atoms with E-state index in [1.54, 1.807) is 0 Å². The van der Waals surface area contributed by atoms with E-state index in [4.69, 9.17) is 0 Å². The van der Waals surface area contributed by atoms with Crippen molar-refractivity contribution in [1.29, 1.82) is 0 Å². The molecule has 0 atom stereocenters. The summed E-state index contributed by atoms with van der Waals surface area (Å²) in [6, 6.07) is 5.49. The fraction of sp³-hybridized carbons (Fsp3) is 0.400. The van der Waals surface area contributed by atoms with Crippen LogP contribution in [0.2, 0.25) is 0 Å². The van der Waals surface area contributed by atoms with Gasteiger partial charge in [0.1, 0.15) is 11.3 Å². The lowest BCUT2D eigenvalue weighted by molar-refractivity contribution is 0.569. The molecule has 2 nitrogen and oxygen atoms in total. The molecule has 1 aromatic heterocycles. The molecule has 0 bridgehead atoms. The van der Waals surface area contributed by atoms with Gasteiger partial charge in [0.25, 0.3) is 0 Å². The van der Waals surface area contributed by atoms with E-state index in [0.717, 1.165) is 22.3 Å². The summed E-state index contributed by atoms with van der Waals surface area (Å²) in [5.41, 5.74) is 3.06. The molecule has 0 fully saturated rings. The van der Waals surface area contributed by atoms with E-state index in [1.807, 2.05) is 26.1 Å². The number of nitrogens with one attached hydrogen (secondary N) is 1. The van der Waals surface area contributed by atoms with Crippen molar-refractivity contribution < 1.29 is 4.39 Å². The number of benzene rings is 1. The molecule has 96 valence electrons. The second-order valence-corrected chi connectivity index (χ2v) is 5.70. The Hall–Kier alpha value is -1.64. The summed E-state index contributed by atoms with van der Waals surface area (Å²) in [7, 11) is 1.85. The number of fused-ring (bicyclic) bond motifs is 1. The Labute approximate surface area is 107 Å². The topological polar surface area (TPSA) is 24.9 Å². The lowest BCUT2D eigenvalue weighted by Gasteiger charge is -2.20. The Morgan fingerprint density at radius 2 is 1.83 bits per heavy atom. The summed E-state index contributed by atoms with van der Waals surface area (Å²) >= 11 is 0. The lowest BCUT2D eigenvalue weighted by Crippen LogP contribution is -2.14. The fourth-order valence-electron chi connectivity index (χ4n) is 2.01. The predicted molar refractivity (Wildman–Crippen MR) is 74.7 cm³/mol. The van der Waals surface area contributed by atoms with Gasteiger partial charge in [-0.15, -0.1) is 0 Å². The molecule has 0 amide bonds. The molecule has 1 heterocycles. The van der Waals surface area contributed by atoms with Crippen LogP contribution in [-0.4, -0.2) is 12.0 Å². The molecule has 0 unspecified atom stereocenters. The standard InChI is InChI=1S/C15H19FN2/c1-9-6-10-12(17-5)8-13(15(2,3)4)18-14(10)11(16)7-9/h6-8H,1-5H3,(H,17,18). The van der Waals surface area contributed by atoms with Crippen LogP contribution in [-0.2, 0) is 5.41 Å². The first-order valence-electron chi connectivity index (χ1n) is 6.12. The highest BCUT2D eigenvalue weighted by atomic mass is 19.1. The summed E-state index contributed by atoms with van der Waals surface area (Å²) < 4.78 is 14.0. The maximum absolute atomic E-state index is 14.0. The number of rotatable bonds is 1. The molecule has 1 aromatic carbocycles. The molecule has 1 N–H and O–H groups in total. The molecule has 0 aliphatic carbocycles. The van der Waals surface area contributed by atoms with Crippen molar-refractivity contribution in [2.24, 2.45) is 0 Å². The first-order chi connectivity index (χ1) is 8.32. The minimum atomic E-state index is -0.257. The minimum Gasteiger partial charge on any atom is -0.388 e. The first-order valence-corrected chi connectivity index (χ1v) is 6.12. The Bertz CT molecular complexity index is 597. The van der Waals surface area contributed by atoms with Gasteiger partial charge in [-0.2, -0.15) is 0 Å². The lowest BCUT2D eigenvalue weighted by atomic mass is 9.90. The third-order valence-electron chi connectivity index (χ3n) is 3.05. The Balaban J connectivity index is 2.84. The van der Waals surface area contributed by atoms with Gasteiger partial charge >= 0.3 is 0 Å². The van der Waals surface area contributed by atoms with Gasteiger partial charge in [-0.1, -0.05) is 20.8 Å². The van der Waals surface area contributed by atoms with Gasteiger partial charge in [-0.3, -0.25) is 0 Å². The molecule has 0 aliphatic rings. The van der Waals surface area contributed by atoms with E-state index in [2.05, 4.69) is 31.1 Å². The van der Waals surface area contributed by atoms with E-state index < -0.39 is 0 Å². The second kappa shape index (κ2) is 4.23. The summed E-state index contributed by atoms with van der Waals surface area (Å²) in [6.07, 6.45) is 0. The van der Waals surface area contributed by atoms with Crippen molar-refractivity contribution in [2.45, 2.75) is 33.1 Å². The van der Waals surface area contributed by atoms with Crippen LogP contribution in [0.3, 0.4) is 0 Å². The summed E-state index contributed by atoms with van der Waals surface area (Å²) in [5.74, 6) is -0.257. The molecule has 0 saturated heterocycles. The Kier molecular flexibility index (Phi) is 3.01. The van der Waals surface area contributed by atoms with Crippen molar-refractivity contribution >= 4 is 16.6 Å². The van der Waals surface area contributed by atoms with E-state index in [-0.39, 0.29) is 11.2 Å². The number of anilines is 1. The molecular weight excluding hydrogens is 227 g/mol. The number of aryl methyl sites for hydroxylation is 1. The molecule has 0 saturated carbocycles. The number of nitrogens with zero attached hydrogens (tertiary/aromatic N) is 1. The second-order valence-electron chi connectivity index (χ2n) is 5.70. The number of hydrogen-bond donors (Lipinski definition) is 1. The monoisotopic (exact) mass is 246 g/mol. The predicted octanol–water partition coefficient (Wildman–Crippen LogP) is 4.02. The zero-order chi connectivity index (χ0) is 13.5. The zero-order valence-electron chi connectivity index (χ0n) is 11.6. The number of pyridine rings is 1. The Morgan fingerprint density at radius 1 is 1.17 bits per heavy atom. The average Bonchev–Trinajstić information content (AvgIpc) is 2.26.